The van der Waals surface area contributed by atoms with Gasteiger partial charge in [-0.15, -0.1) is 10.2 Å². The average molecular weight is 303 g/mol. The van der Waals surface area contributed by atoms with Crippen molar-refractivity contribution >= 4 is 28.5 Å². The molecule has 2 aromatic heterocycles. The molecule has 0 amide bonds. The maximum atomic E-state index is 12.1. The molecule has 0 atom stereocenters. The Morgan fingerprint density at radius 3 is 2.86 bits per heavy atom. The van der Waals surface area contributed by atoms with Crippen LogP contribution in [0.1, 0.15) is 17.4 Å². The second-order valence-corrected chi connectivity index (χ2v) is 4.67. The van der Waals surface area contributed by atoms with E-state index in [9.17, 15) is 4.79 Å². The van der Waals surface area contributed by atoms with E-state index in [1.807, 2.05) is 24.3 Å². The van der Waals surface area contributed by atoms with Crippen LogP contribution in [0.3, 0.4) is 0 Å². The van der Waals surface area contributed by atoms with Gasteiger partial charge in [0.15, 0.2) is 5.69 Å². The number of carbonyl (C=O) groups excluding carboxylic acids is 1. The highest BCUT2D eigenvalue weighted by molar-refractivity contribution is 6.30. The fraction of sp³-hybridized carbons (Fsp3) is 0.143. The lowest BCUT2D eigenvalue weighted by atomic mass is 10.1. The summed E-state index contributed by atoms with van der Waals surface area (Å²) in [5.74, 6) is -0.544. The summed E-state index contributed by atoms with van der Waals surface area (Å²) in [5.41, 5.74) is 1.27. The van der Waals surface area contributed by atoms with Gasteiger partial charge in [-0.05, 0) is 13.0 Å². The number of nitrogens with zero attached hydrogens (tertiary/aromatic N) is 4. The average Bonchev–Trinajstić information content (AvgIpc) is 2.92. The second-order valence-electron chi connectivity index (χ2n) is 4.24. The van der Waals surface area contributed by atoms with E-state index in [-0.39, 0.29) is 12.3 Å². The number of carbonyl (C=O) groups is 1. The molecule has 2 heterocycles. The van der Waals surface area contributed by atoms with E-state index in [4.69, 9.17) is 16.3 Å². The highest BCUT2D eigenvalue weighted by Crippen LogP contribution is 2.24. The number of benzene rings is 1. The second kappa shape index (κ2) is 5.49. The van der Waals surface area contributed by atoms with Crippen LogP contribution in [-0.4, -0.2) is 32.6 Å². The molecule has 0 saturated heterocycles. The van der Waals surface area contributed by atoms with Crippen molar-refractivity contribution in [3.63, 3.8) is 0 Å². The number of aromatic nitrogens is 4. The summed E-state index contributed by atoms with van der Waals surface area (Å²) in [6.45, 7) is 1.99. The van der Waals surface area contributed by atoms with Gasteiger partial charge >= 0.3 is 5.97 Å². The summed E-state index contributed by atoms with van der Waals surface area (Å²) in [5, 5.41) is 13.4. The molecule has 0 fully saturated rings. The zero-order valence-electron chi connectivity index (χ0n) is 11.2. The van der Waals surface area contributed by atoms with Crippen LogP contribution in [0.15, 0.2) is 36.7 Å². The molecule has 106 valence electrons. The first-order valence-electron chi connectivity index (χ1n) is 6.33. The lowest BCUT2D eigenvalue weighted by Gasteiger charge is -2.10. The zero-order valence-corrected chi connectivity index (χ0v) is 11.9. The van der Waals surface area contributed by atoms with E-state index in [0.717, 1.165) is 5.39 Å². The third-order valence-electron chi connectivity index (χ3n) is 2.89. The molecular formula is C14H11ClN4O2. The molecular weight excluding hydrogens is 292 g/mol. The van der Waals surface area contributed by atoms with Crippen LogP contribution in [0.2, 0.25) is 5.02 Å². The minimum atomic E-state index is -0.544. The number of halogens is 1. The topological polar surface area (TPSA) is 69.9 Å². The van der Waals surface area contributed by atoms with Gasteiger partial charge in [0.1, 0.15) is 5.69 Å². The number of rotatable bonds is 3. The Morgan fingerprint density at radius 1 is 1.33 bits per heavy atom. The molecule has 0 spiro atoms. The van der Waals surface area contributed by atoms with Crippen molar-refractivity contribution in [2.45, 2.75) is 6.92 Å². The van der Waals surface area contributed by atoms with Crippen LogP contribution in [-0.2, 0) is 4.74 Å². The molecule has 0 radical (unpaired) electrons. The van der Waals surface area contributed by atoms with Gasteiger partial charge in [-0.1, -0.05) is 29.8 Å². The fourth-order valence-corrected chi connectivity index (χ4v) is 2.17. The SMILES string of the molecule is CCOC(=O)c1nnc2ccccc2c1-n1cc(Cl)cn1. The quantitative estimate of drug-likeness (QED) is 0.696. The largest absolute Gasteiger partial charge is 0.461 e. The lowest BCUT2D eigenvalue weighted by molar-refractivity contribution is 0.0518. The highest BCUT2D eigenvalue weighted by atomic mass is 35.5. The third-order valence-corrected chi connectivity index (χ3v) is 3.09. The van der Waals surface area contributed by atoms with E-state index in [1.54, 1.807) is 13.1 Å². The first kappa shape index (κ1) is 13.5. The van der Waals surface area contributed by atoms with Crippen LogP contribution < -0.4 is 0 Å². The molecule has 0 aliphatic carbocycles. The molecule has 0 saturated carbocycles. The van der Waals surface area contributed by atoms with Gasteiger partial charge in [0.2, 0.25) is 0 Å². The van der Waals surface area contributed by atoms with E-state index >= 15 is 0 Å². The van der Waals surface area contributed by atoms with Crippen molar-refractivity contribution in [2.24, 2.45) is 0 Å². The summed E-state index contributed by atoms with van der Waals surface area (Å²) in [6.07, 6.45) is 3.10. The molecule has 1 aromatic carbocycles. The zero-order chi connectivity index (χ0) is 14.8. The summed E-state index contributed by atoms with van der Waals surface area (Å²) in [6, 6.07) is 7.36. The van der Waals surface area contributed by atoms with Gasteiger partial charge in [-0.3, -0.25) is 0 Å². The van der Waals surface area contributed by atoms with E-state index in [0.29, 0.717) is 16.2 Å². The maximum Gasteiger partial charge on any atom is 0.361 e. The van der Waals surface area contributed by atoms with Crippen LogP contribution >= 0.6 is 11.6 Å². The number of ether oxygens (including phenoxy) is 1. The Hall–Kier alpha value is -2.47. The van der Waals surface area contributed by atoms with Crippen molar-refractivity contribution in [1.82, 2.24) is 20.0 Å². The molecule has 3 aromatic rings. The van der Waals surface area contributed by atoms with Crippen LogP contribution in [0, 0.1) is 0 Å². The Kier molecular flexibility index (Phi) is 3.53. The van der Waals surface area contributed by atoms with Crippen molar-refractivity contribution in [2.75, 3.05) is 6.61 Å². The van der Waals surface area contributed by atoms with Crippen molar-refractivity contribution in [3.05, 3.63) is 47.4 Å². The van der Waals surface area contributed by atoms with Gasteiger partial charge in [0.25, 0.3) is 0 Å². The smallest absolute Gasteiger partial charge is 0.361 e. The van der Waals surface area contributed by atoms with Gasteiger partial charge in [-0.25, -0.2) is 9.48 Å². The molecule has 0 N–H and O–H groups in total. The van der Waals surface area contributed by atoms with Gasteiger partial charge in [-0.2, -0.15) is 5.10 Å². The van der Waals surface area contributed by atoms with Crippen molar-refractivity contribution in [3.8, 4) is 5.69 Å². The summed E-state index contributed by atoms with van der Waals surface area (Å²) in [7, 11) is 0. The predicted molar refractivity (Wildman–Crippen MR) is 77.6 cm³/mol. The lowest BCUT2D eigenvalue weighted by Crippen LogP contribution is -2.14. The Morgan fingerprint density at radius 2 is 2.14 bits per heavy atom. The monoisotopic (exact) mass is 302 g/mol. The molecule has 7 heteroatoms. The minimum absolute atomic E-state index is 0.107. The number of hydrogen-bond donors (Lipinski definition) is 0. The number of fused-ring (bicyclic) bond motifs is 1. The summed E-state index contributed by atoms with van der Waals surface area (Å²) >= 11 is 5.92. The first-order valence-corrected chi connectivity index (χ1v) is 6.71. The van der Waals surface area contributed by atoms with Crippen LogP contribution in [0.5, 0.6) is 0 Å². The van der Waals surface area contributed by atoms with Gasteiger partial charge < -0.3 is 4.74 Å². The molecule has 0 unspecified atom stereocenters. The molecule has 21 heavy (non-hydrogen) atoms. The Bertz CT molecular complexity index is 816. The third kappa shape index (κ3) is 2.45. The van der Waals surface area contributed by atoms with Crippen molar-refractivity contribution in [1.29, 1.82) is 0 Å². The van der Waals surface area contributed by atoms with Gasteiger partial charge in [0.05, 0.1) is 23.3 Å². The van der Waals surface area contributed by atoms with Gasteiger partial charge in [0, 0.05) is 11.6 Å². The number of hydrogen-bond acceptors (Lipinski definition) is 5. The van der Waals surface area contributed by atoms with Crippen LogP contribution in [0.4, 0.5) is 0 Å². The Balaban J connectivity index is 2.30. The summed E-state index contributed by atoms with van der Waals surface area (Å²) < 4.78 is 6.54. The fourth-order valence-electron chi connectivity index (χ4n) is 2.03. The molecule has 0 aliphatic rings. The number of esters is 1. The highest BCUT2D eigenvalue weighted by Gasteiger charge is 2.20. The Labute approximate surface area is 125 Å². The normalized spacial score (nSPS) is 10.8. The molecule has 3 rings (SSSR count). The van der Waals surface area contributed by atoms with E-state index < -0.39 is 5.97 Å². The molecule has 0 bridgehead atoms. The van der Waals surface area contributed by atoms with Crippen molar-refractivity contribution < 1.29 is 9.53 Å². The maximum absolute atomic E-state index is 12.1. The van der Waals surface area contributed by atoms with E-state index in [1.165, 1.54) is 10.9 Å². The van der Waals surface area contributed by atoms with E-state index in [2.05, 4.69) is 15.3 Å². The standard InChI is InChI=1S/C14H11ClN4O2/c1-2-21-14(20)12-13(19-8-9(15)7-16-19)10-5-3-4-6-11(10)17-18-12/h3-8H,2H2,1H3. The first-order chi connectivity index (χ1) is 10.2. The van der Waals surface area contributed by atoms with Crippen LogP contribution in [0.25, 0.3) is 16.6 Å². The minimum Gasteiger partial charge on any atom is -0.461 e. The summed E-state index contributed by atoms with van der Waals surface area (Å²) in [4.78, 5) is 12.1. The predicted octanol–water partition coefficient (Wildman–Crippen LogP) is 2.65. The molecule has 6 nitrogen and oxygen atoms in total. The molecule has 0 aliphatic heterocycles.